The molecular formula is C59H39NO. The van der Waals surface area contributed by atoms with Crippen molar-refractivity contribution in [3.63, 3.8) is 0 Å². The van der Waals surface area contributed by atoms with E-state index in [0.29, 0.717) is 0 Å². The van der Waals surface area contributed by atoms with Crippen LogP contribution < -0.4 is 4.90 Å². The van der Waals surface area contributed by atoms with E-state index in [1.165, 1.54) is 60.8 Å². The molecule has 2 nitrogen and oxygen atoms in total. The number of hydrogen-bond donors (Lipinski definition) is 0. The number of furan rings is 1. The molecular weight excluding hydrogens is 739 g/mol. The van der Waals surface area contributed by atoms with Crippen LogP contribution in [0.3, 0.4) is 0 Å². The summed E-state index contributed by atoms with van der Waals surface area (Å²) in [4.78, 5) is 2.38. The fraction of sp³-hybridized carbons (Fsp3) is 0.0169. The maximum absolute atomic E-state index is 6.76. The lowest BCUT2D eigenvalue weighted by Gasteiger charge is -2.35. The van der Waals surface area contributed by atoms with Crippen LogP contribution in [0.4, 0.5) is 17.1 Å². The standard InChI is InChI=1S/C59H39NO/c1-3-19-46(20-4-1)59(47-21-5-2-6-22-47)54-26-11-9-23-50(54)51-36-35-49(39-55(51)59)60(56-27-14-25-53-52-24-10-12-28-57(52)61-58(53)56)48-33-31-41(32-34-48)43-17-13-18-44(37-43)45-30-29-40-15-7-8-16-42(40)38-45/h1-39H. The molecule has 61 heavy (non-hydrogen) atoms. The van der Waals surface area contributed by atoms with Gasteiger partial charge in [0, 0.05) is 22.1 Å². The van der Waals surface area contributed by atoms with Gasteiger partial charge >= 0.3 is 0 Å². The van der Waals surface area contributed by atoms with Crippen molar-refractivity contribution in [1.29, 1.82) is 0 Å². The van der Waals surface area contributed by atoms with Gasteiger partial charge in [-0.05, 0) is 115 Å². The van der Waals surface area contributed by atoms with Crippen LogP contribution in [0.1, 0.15) is 22.3 Å². The highest BCUT2D eigenvalue weighted by atomic mass is 16.3. The fourth-order valence-electron chi connectivity index (χ4n) is 9.96. The van der Waals surface area contributed by atoms with Crippen LogP contribution in [-0.4, -0.2) is 0 Å². The zero-order chi connectivity index (χ0) is 40.3. The first-order valence-electron chi connectivity index (χ1n) is 21.0. The summed E-state index contributed by atoms with van der Waals surface area (Å²) in [5, 5.41) is 4.70. The van der Waals surface area contributed by atoms with Crippen LogP contribution in [0.15, 0.2) is 241 Å². The summed E-state index contributed by atoms with van der Waals surface area (Å²) < 4.78 is 6.76. The molecule has 0 fully saturated rings. The molecule has 0 spiro atoms. The average molecular weight is 778 g/mol. The Balaban J connectivity index is 1.04. The number of benzene rings is 10. The minimum absolute atomic E-state index is 0.526. The number of fused-ring (bicyclic) bond motifs is 7. The van der Waals surface area contributed by atoms with E-state index < -0.39 is 5.41 Å². The molecule has 0 saturated carbocycles. The maximum Gasteiger partial charge on any atom is 0.159 e. The van der Waals surface area contributed by atoms with Crippen molar-refractivity contribution >= 4 is 49.8 Å². The second-order valence-electron chi connectivity index (χ2n) is 16.0. The Labute approximate surface area is 355 Å². The summed E-state index contributed by atoms with van der Waals surface area (Å²) in [6.45, 7) is 0. The van der Waals surface area contributed by atoms with Crippen LogP contribution in [0.2, 0.25) is 0 Å². The van der Waals surface area contributed by atoms with E-state index in [2.05, 4.69) is 235 Å². The Morgan fingerprint density at radius 3 is 1.74 bits per heavy atom. The van der Waals surface area contributed by atoms with E-state index in [9.17, 15) is 0 Å². The largest absolute Gasteiger partial charge is 0.454 e. The van der Waals surface area contributed by atoms with Crippen molar-refractivity contribution in [1.82, 2.24) is 0 Å². The number of rotatable bonds is 7. The van der Waals surface area contributed by atoms with Gasteiger partial charge in [0.05, 0.1) is 11.1 Å². The van der Waals surface area contributed by atoms with Crippen molar-refractivity contribution in [3.05, 3.63) is 259 Å². The zero-order valence-electron chi connectivity index (χ0n) is 33.4. The number of nitrogens with zero attached hydrogens (tertiary/aromatic N) is 1. The third-order valence-electron chi connectivity index (χ3n) is 12.7. The third kappa shape index (κ3) is 5.57. The van der Waals surface area contributed by atoms with E-state index in [1.54, 1.807) is 0 Å². The first-order chi connectivity index (χ1) is 30.2. The number of para-hydroxylation sites is 2. The molecule has 0 bridgehead atoms. The summed E-state index contributed by atoms with van der Waals surface area (Å²) in [7, 11) is 0. The molecule has 0 amide bonds. The molecule has 1 heterocycles. The van der Waals surface area contributed by atoms with Gasteiger partial charge in [-0.15, -0.1) is 0 Å². The Bertz CT molecular complexity index is 3380. The lowest BCUT2D eigenvalue weighted by Crippen LogP contribution is -2.28. The van der Waals surface area contributed by atoms with Gasteiger partial charge in [0.15, 0.2) is 5.58 Å². The molecule has 0 unspecified atom stereocenters. The highest BCUT2D eigenvalue weighted by molar-refractivity contribution is 6.10. The van der Waals surface area contributed by atoms with Gasteiger partial charge in [0.25, 0.3) is 0 Å². The van der Waals surface area contributed by atoms with Crippen molar-refractivity contribution < 1.29 is 4.42 Å². The van der Waals surface area contributed by atoms with Gasteiger partial charge in [0.1, 0.15) is 5.58 Å². The zero-order valence-corrected chi connectivity index (χ0v) is 33.4. The van der Waals surface area contributed by atoms with Crippen LogP contribution in [0, 0.1) is 0 Å². The first-order valence-corrected chi connectivity index (χ1v) is 21.0. The highest BCUT2D eigenvalue weighted by Crippen LogP contribution is 2.57. The number of anilines is 3. The molecule has 0 N–H and O–H groups in total. The Morgan fingerprint density at radius 2 is 0.934 bits per heavy atom. The van der Waals surface area contributed by atoms with Crippen LogP contribution in [-0.2, 0) is 5.41 Å². The van der Waals surface area contributed by atoms with Crippen molar-refractivity contribution in [2.75, 3.05) is 4.90 Å². The van der Waals surface area contributed by atoms with E-state index in [1.807, 2.05) is 6.07 Å². The van der Waals surface area contributed by atoms with Gasteiger partial charge in [-0.1, -0.05) is 188 Å². The van der Waals surface area contributed by atoms with Crippen molar-refractivity contribution in [2.45, 2.75) is 5.41 Å². The first kappa shape index (κ1) is 35.0. The van der Waals surface area contributed by atoms with Gasteiger partial charge in [-0.2, -0.15) is 0 Å². The topological polar surface area (TPSA) is 16.4 Å². The van der Waals surface area contributed by atoms with Crippen LogP contribution >= 0.6 is 0 Å². The molecule has 0 aliphatic heterocycles. The number of hydrogen-bond acceptors (Lipinski definition) is 2. The molecule has 0 saturated heterocycles. The molecule has 2 heteroatoms. The summed E-state index contributed by atoms with van der Waals surface area (Å²) >= 11 is 0. The Morgan fingerprint density at radius 1 is 0.344 bits per heavy atom. The smallest absolute Gasteiger partial charge is 0.159 e. The predicted octanol–water partition coefficient (Wildman–Crippen LogP) is 15.9. The molecule has 12 rings (SSSR count). The summed E-state index contributed by atoms with van der Waals surface area (Å²) in [5.74, 6) is 0. The summed E-state index contributed by atoms with van der Waals surface area (Å²) in [5.41, 5.74) is 16.6. The van der Waals surface area contributed by atoms with Crippen molar-refractivity contribution in [2.24, 2.45) is 0 Å². The lowest BCUT2D eigenvalue weighted by atomic mass is 9.67. The van der Waals surface area contributed by atoms with Gasteiger partial charge in [-0.3, -0.25) is 0 Å². The Hall–Kier alpha value is -7.94. The van der Waals surface area contributed by atoms with E-state index in [-0.39, 0.29) is 0 Å². The molecule has 1 aromatic heterocycles. The fourth-order valence-corrected chi connectivity index (χ4v) is 9.96. The van der Waals surface area contributed by atoms with E-state index >= 15 is 0 Å². The van der Waals surface area contributed by atoms with Gasteiger partial charge in [0.2, 0.25) is 0 Å². The lowest BCUT2D eigenvalue weighted by molar-refractivity contribution is 0.669. The second kappa shape index (κ2) is 14.1. The minimum Gasteiger partial charge on any atom is -0.454 e. The highest BCUT2D eigenvalue weighted by Gasteiger charge is 2.46. The van der Waals surface area contributed by atoms with E-state index in [0.717, 1.165) is 44.6 Å². The van der Waals surface area contributed by atoms with Crippen molar-refractivity contribution in [3.8, 4) is 33.4 Å². The SMILES string of the molecule is c1ccc(C2(c3ccccc3)c3ccccc3-c3ccc(N(c4ccc(-c5cccc(-c6ccc7ccccc7c6)c5)cc4)c4cccc5c4oc4ccccc45)cc32)cc1. The molecule has 1 aliphatic carbocycles. The van der Waals surface area contributed by atoms with E-state index in [4.69, 9.17) is 4.42 Å². The minimum atomic E-state index is -0.526. The molecule has 1 aliphatic rings. The third-order valence-corrected chi connectivity index (χ3v) is 12.7. The van der Waals surface area contributed by atoms with Gasteiger partial charge < -0.3 is 9.32 Å². The molecule has 286 valence electrons. The molecule has 0 atom stereocenters. The Kier molecular flexibility index (Phi) is 8.11. The molecule has 10 aromatic carbocycles. The predicted molar refractivity (Wildman–Crippen MR) is 254 cm³/mol. The normalized spacial score (nSPS) is 12.7. The second-order valence-corrected chi connectivity index (χ2v) is 16.0. The monoisotopic (exact) mass is 777 g/mol. The average Bonchev–Trinajstić information content (AvgIpc) is 3.87. The maximum atomic E-state index is 6.76. The molecule has 0 radical (unpaired) electrons. The summed E-state index contributed by atoms with van der Waals surface area (Å²) in [6.07, 6.45) is 0. The molecule has 11 aromatic rings. The summed E-state index contributed by atoms with van der Waals surface area (Å²) in [6, 6.07) is 86.0. The van der Waals surface area contributed by atoms with Crippen LogP contribution in [0.5, 0.6) is 0 Å². The van der Waals surface area contributed by atoms with Gasteiger partial charge in [-0.25, -0.2) is 0 Å². The quantitative estimate of drug-likeness (QED) is 0.160. The van der Waals surface area contributed by atoms with Crippen LogP contribution in [0.25, 0.3) is 66.1 Å².